The third-order valence-electron chi connectivity index (χ3n) is 3.39. The number of amides is 1. The van der Waals surface area contributed by atoms with Crippen molar-refractivity contribution in [3.63, 3.8) is 0 Å². The van der Waals surface area contributed by atoms with Crippen molar-refractivity contribution in [2.24, 2.45) is 0 Å². The van der Waals surface area contributed by atoms with Crippen LogP contribution in [0, 0.1) is 6.92 Å². The fraction of sp³-hybridized carbons (Fsp3) is 0.200. The first-order chi connectivity index (χ1) is 12.5. The molecule has 136 valence electrons. The van der Waals surface area contributed by atoms with Gasteiger partial charge in [0.1, 0.15) is 5.69 Å². The maximum Gasteiger partial charge on any atom is 0.271 e. The van der Waals surface area contributed by atoms with Crippen molar-refractivity contribution >= 4 is 39.8 Å². The third-order valence-corrected chi connectivity index (χ3v) is 5.44. The van der Waals surface area contributed by atoms with Gasteiger partial charge in [0.15, 0.2) is 0 Å². The van der Waals surface area contributed by atoms with Crippen molar-refractivity contribution < 1.29 is 13.6 Å². The first kappa shape index (κ1) is 18.7. The summed E-state index contributed by atoms with van der Waals surface area (Å²) >= 11 is 0.766. The van der Waals surface area contributed by atoms with Crippen LogP contribution in [0.15, 0.2) is 35.4 Å². The fourth-order valence-corrected chi connectivity index (χ4v) is 4.07. The van der Waals surface area contributed by atoms with Crippen molar-refractivity contribution in [3.8, 4) is 0 Å². The van der Waals surface area contributed by atoms with Gasteiger partial charge in [-0.25, -0.2) is 18.9 Å². The Morgan fingerprint density at radius 1 is 1.31 bits per heavy atom. The Hall–Kier alpha value is -2.05. The number of aryl methyl sites for hydroxylation is 1. The number of hydrogen-bond donors (Lipinski definition) is 3. The van der Waals surface area contributed by atoms with Crippen LogP contribution in [0.4, 0.5) is 0 Å². The number of aromatic nitrogens is 3. The molecule has 0 saturated heterocycles. The zero-order chi connectivity index (χ0) is 18.5. The van der Waals surface area contributed by atoms with E-state index in [1.54, 1.807) is 6.20 Å². The largest absolute Gasteiger partial charge is 0.346 e. The Morgan fingerprint density at radius 2 is 2.15 bits per heavy atom. The highest BCUT2D eigenvalue weighted by Gasteiger charge is 2.19. The standard InChI is InChI=1S/C15H15N5O3S3/c1-9-16-4-11(25-9)5-19-15(21)13-7-17-12(6-18-13)14(20-26(22)23)10-2-3-24-8-10/h2-4,6-8,14,20H,5H2,1H3,(H,19,21)(H,22,23). The number of carbonyl (C=O) groups excluding carboxylic acids is 1. The van der Waals surface area contributed by atoms with Crippen molar-refractivity contribution in [2.45, 2.75) is 19.5 Å². The van der Waals surface area contributed by atoms with Crippen molar-refractivity contribution in [3.05, 3.63) is 62.3 Å². The molecule has 0 aromatic carbocycles. The topological polar surface area (TPSA) is 117 Å². The van der Waals surface area contributed by atoms with Crippen LogP contribution < -0.4 is 10.0 Å². The second-order valence-corrected chi connectivity index (χ2v) is 8.04. The minimum Gasteiger partial charge on any atom is -0.346 e. The SMILES string of the molecule is Cc1ncc(CNC(=O)c2cnc(C(NS(=O)O)c3ccsc3)cn2)s1. The van der Waals surface area contributed by atoms with Crippen LogP contribution in [0.2, 0.25) is 0 Å². The lowest BCUT2D eigenvalue weighted by Crippen LogP contribution is -2.26. The molecule has 0 radical (unpaired) electrons. The monoisotopic (exact) mass is 409 g/mol. The van der Waals surface area contributed by atoms with Gasteiger partial charge in [-0.15, -0.1) is 11.3 Å². The summed E-state index contributed by atoms with van der Waals surface area (Å²) in [5.74, 6) is -0.346. The summed E-state index contributed by atoms with van der Waals surface area (Å²) in [5.41, 5.74) is 1.41. The molecule has 1 amide bonds. The summed E-state index contributed by atoms with van der Waals surface area (Å²) < 4.78 is 22.8. The number of carbonyl (C=O) groups is 1. The summed E-state index contributed by atoms with van der Waals surface area (Å²) in [6.45, 7) is 2.27. The molecule has 2 unspecified atom stereocenters. The third kappa shape index (κ3) is 4.77. The molecule has 2 atom stereocenters. The molecular formula is C15H15N5O3S3. The van der Waals surface area contributed by atoms with Gasteiger partial charge in [0.2, 0.25) is 11.3 Å². The Balaban J connectivity index is 1.70. The maximum atomic E-state index is 12.2. The fourth-order valence-electron chi connectivity index (χ4n) is 2.19. The molecule has 8 nitrogen and oxygen atoms in total. The lowest BCUT2D eigenvalue weighted by atomic mass is 10.1. The lowest BCUT2D eigenvalue weighted by Gasteiger charge is -2.14. The number of nitrogens with one attached hydrogen (secondary N) is 2. The molecule has 11 heteroatoms. The van der Waals surface area contributed by atoms with Crippen molar-refractivity contribution in [2.75, 3.05) is 0 Å². The quantitative estimate of drug-likeness (QED) is 0.514. The summed E-state index contributed by atoms with van der Waals surface area (Å²) in [5, 5.41) is 7.41. The van der Waals surface area contributed by atoms with E-state index in [4.69, 9.17) is 4.55 Å². The van der Waals surface area contributed by atoms with Crippen LogP contribution in [0.1, 0.15) is 37.7 Å². The van der Waals surface area contributed by atoms with Crippen LogP contribution in [-0.4, -0.2) is 29.6 Å². The van der Waals surface area contributed by atoms with Gasteiger partial charge in [0.05, 0.1) is 35.7 Å². The molecule has 26 heavy (non-hydrogen) atoms. The zero-order valence-corrected chi connectivity index (χ0v) is 16.0. The average Bonchev–Trinajstić information content (AvgIpc) is 3.29. The Kier molecular flexibility index (Phi) is 6.16. The molecule has 3 N–H and O–H groups in total. The van der Waals surface area contributed by atoms with Gasteiger partial charge in [0.25, 0.3) is 5.91 Å². The van der Waals surface area contributed by atoms with Crippen LogP contribution in [0.25, 0.3) is 0 Å². The van der Waals surface area contributed by atoms with E-state index in [0.29, 0.717) is 12.2 Å². The van der Waals surface area contributed by atoms with E-state index in [1.165, 1.54) is 35.1 Å². The van der Waals surface area contributed by atoms with Crippen LogP contribution >= 0.6 is 22.7 Å². The van der Waals surface area contributed by atoms with Crippen LogP contribution in [-0.2, 0) is 17.8 Å². The number of thiazole rings is 1. The molecule has 3 aromatic heterocycles. The predicted molar refractivity (Wildman–Crippen MR) is 100 cm³/mol. The van der Waals surface area contributed by atoms with E-state index < -0.39 is 17.3 Å². The first-order valence-corrected chi connectivity index (χ1v) is 10.3. The highest BCUT2D eigenvalue weighted by atomic mass is 32.2. The highest BCUT2D eigenvalue weighted by Crippen LogP contribution is 2.22. The van der Waals surface area contributed by atoms with Crippen LogP contribution in [0.5, 0.6) is 0 Å². The average molecular weight is 410 g/mol. The van der Waals surface area contributed by atoms with Crippen molar-refractivity contribution in [1.82, 2.24) is 25.0 Å². The van der Waals surface area contributed by atoms with E-state index in [0.717, 1.165) is 15.4 Å². The molecule has 0 aliphatic carbocycles. The molecule has 0 aliphatic rings. The van der Waals surface area contributed by atoms with Gasteiger partial charge < -0.3 is 5.32 Å². The number of thiophene rings is 1. The zero-order valence-electron chi connectivity index (χ0n) is 13.6. The van der Waals surface area contributed by atoms with E-state index in [1.807, 2.05) is 23.8 Å². The van der Waals surface area contributed by atoms with Gasteiger partial charge in [-0.1, -0.05) is 0 Å². The molecule has 3 heterocycles. The predicted octanol–water partition coefficient (Wildman–Crippen LogP) is 2.05. The summed E-state index contributed by atoms with van der Waals surface area (Å²) in [4.78, 5) is 25.6. The van der Waals surface area contributed by atoms with E-state index in [-0.39, 0.29) is 11.6 Å². The van der Waals surface area contributed by atoms with E-state index in [2.05, 4.69) is 25.0 Å². The Bertz CT molecular complexity index is 896. The van der Waals surface area contributed by atoms with Gasteiger partial charge >= 0.3 is 0 Å². The molecule has 0 spiro atoms. The number of hydrogen-bond acceptors (Lipinski definition) is 7. The Morgan fingerprint density at radius 3 is 2.73 bits per heavy atom. The summed E-state index contributed by atoms with van der Waals surface area (Å²) in [7, 11) is 0. The lowest BCUT2D eigenvalue weighted by molar-refractivity contribution is 0.0946. The minimum absolute atomic E-state index is 0.171. The van der Waals surface area contributed by atoms with Gasteiger partial charge in [0, 0.05) is 11.1 Å². The molecule has 3 aromatic rings. The van der Waals surface area contributed by atoms with E-state index in [9.17, 15) is 9.00 Å². The molecule has 0 aliphatic heterocycles. The minimum atomic E-state index is -2.21. The molecule has 3 rings (SSSR count). The second-order valence-electron chi connectivity index (χ2n) is 5.21. The van der Waals surface area contributed by atoms with E-state index >= 15 is 0 Å². The highest BCUT2D eigenvalue weighted by molar-refractivity contribution is 7.77. The maximum absolute atomic E-state index is 12.2. The normalized spacial score (nSPS) is 13.3. The molecular weight excluding hydrogens is 394 g/mol. The summed E-state index contributed by atoms with van der Waals surface area (Å²) in [6, 6.07) is 1.24. The summed E-state index contributed by atoms with van der Waals surface area (Å²) in [6.07, 6.45) is 4.50. The molecule has 0 fully saturated rings. The van der Waals surface area contributed by atoms with Gasteiger partial charge in [-0.3, -0.25) is 14.3 Å². The smallest absolute Gasteiger partial charge is 0.271 e. The molecule has 0 bridgehead atoms. The van der Waals surface area contributed by atoms with Crippen molar-refractivity contribution in [1.29, 1.82) is 0 Å². The van der Waals surface area contributed by atoms with Crippen LogP contribution in [0.3, 0.4) is 0 Å². The number of rotatable bonds is 7. The number of nitrogens with zero attached hydrogens (tertiary/aromatic N) is 3. The van der Waals surface area contributed by atoms with Gasteiger partial charge in [-0.05, 0) is 29.3 Å². The second kappa shape index (κ2) is 8.56. The van der Waals surface area contributed by atoms with Gasteiger partial charge in [-0.2, -0.15) is 11.3 Å². The Labute approximate surface area is 160 Å². The molecule has 0 saturated carbocycles. The first-order valence-electron chi connectivity index (χ1n) is 7.43.